The second kappa shape index (κ2) is 13.7. The topological polar surface area (TPSA) is 81.3 Å². The normalized spacial score (nSPS) is 13.2. The molecule has 0 bridgehead atoms. The highest BCUT2D eigenvalue weighted by atomic mass is 32.1. The summed E-state index contributed by atoms with van der Waals surface area (Å²) in [6.45, 7) is 8.34. The minimum atomic E-state index is -5.83. The molecule has 0 fully saturated rings. The Kier molecular flexibility index (Phi) is 9.89. The number of benzene rings is 3. The van der Waals surface area contributed by atoms with Gasteiger partial charge in [0, 0.05) is 23.2 Å². The molecule has 0 aliphatic heterocycles. The first-order valence-corrected chi connectivity index (χ1v) is 15.6. The van der Waals surface area contributed by atoms with Crippen LogP contribution in [0.2, 0.25) is 0 Å². The van der Waals surface area contributed by atoms with E-state index in [0.717, 1.165) is 33.7 Å². The number of thiazole rings is 1. The number of hydrogen-bond donors (Lipinski definition) is 2. The summed E-state index contributed by atoms with van der Waals surface area (Å²) in [6, 6.07) is 18.3. The Morgan fingerprint density at radius 3 is 2.34 bits per heavy atom. The van der Waals surface area contributed by atoms with E-state index in [0.29, 0.717) is 23.0 Å². The molecule has 1 atom stereocenters. The van der Waals surface area contributed by atoms with Crippen molar-refractivity contribution in [3.05, 3.63) is 106 Å². The molecule has 0 amide bonds. The molecule has 47 heavy (non-hydrogen) atoms. The largest absolute Gasteiger partial charge is 0.499 e. The number of halogens is 5. The van der Waals surface area contributed by atoms with E-state index in [1.54, 1.807) is 0 Å². The zero-order valence-electron chi connectivity index (χ0n) is 25.6. The molecule has 1 unspecified atom stereocenters. The second-order valence-electron chi connectivity index (χ2n) is 10.9. The van der Waals surface area contributed by atoms with Crippen LogP contribution >= 0.6 is 23.6 Å². The minimum Gasteiger partial charge on any atom is -0.426 e. The Bertz CT molecular complexity index is 1910. The molecule has 0 radical (unpaired) electrons. The smallest absolute Gasteiger partial charge is 0.426 e. The predicted molar refractivity (Wildman–Crippen MR) is 174 cm³/mol. The number of hydrazine groups is 1. The van der Waals surface area contributed by atoms with Gasteiger partial charge in [-0.15, -0.1) is 16.4 Å². The molecule has 3 aromatic carbocycles. The van der Waals surface area contributed by atoms with Crippen molar-refractivity contribution >= 4 is 28.7 Å². The number of thiocarbonyl (C=S) groups is 1. The van der Waals surface area contributed by atoms with Gasteiger partial charge in [0.1, 0.15) is 12.1 Å². The van der Waals surface area contributed by atoms with Gasteiger partial charge in [0.05, 0.1) is 11.4 Å². The van der Waals surface area contributed by atoms with Gasteiger partial charge in [-0.05, 0) is 79.0 Å². The molecule has 2 heterocycles. The summed E-state index contributed by atoms with van der Waals surface area (Å²) in [7, 11) is 0. The summed E-state index contributed by atoms with van der Waals surface area (Å²) >= 11 is 7.00. The van der Waals surface area contributed by atoms with E-state index in [-0.39, 0.29) is 11.2 Å². The third kappa shape index (κ3) is 7.92. The van der Waals surface area contributed by atoms with Gasteiger partial charge in [-0.3, -0.25) is 9.99 Å². The van der Waals surface area contributed by atoms with Crippen LogP contribution in [-0.2, 0) is 0 Å². The van der Waals surface area contributed by atoms with E-state index in [9.17, 15) is 22.0 Å². The highest BCUT2D eigenvalue weighted by Crippen LogP contribution is 2.37. The van der Waals surface area contributed by atoms with Crippen molar-refractivity contribution in [1.82, 2.24) is 30.2 Å². The fraction of sp³-hybridized carbons (Fsp3) is 0.250. The second-order valence-corrected chi connectivity index (χ2v) is 12.2. The van der Waals surface area contributed by atoms with Crippen LogP contribution < -0.4 is 20.4 Å². The lowest BCUT2D eigenvalue weighted by atomic mass is 9.99. The number of alkyl halides is 5. The van der Waals surface area contributed by atoms with E-state index in [4.69, 9.17) is 12.2 Å². The molecular weight excluding hydrogens is 658 g/mol. The first-order valence-electron chi connectivity index (χ1n) is 14.3. The lowest BCUT2D eigenvalue weighted by Gasteiger charge is -2.20. The summed E-state index contributed by atoms with van der Waals surface area (Å²) in [4.78, 5) is 9.67. The molecule has 0 saturated carbocycles. The van der Waals surface area contributed by atoms with Crippen LogP contribution in [0, 0.1) is 6.92 Å². The van der Waals surface area contributed by atoms with Crippen LogP contribution in [0.1, 0.15) is 49.4 Å². The minimum absolute atomic E-state index is 0.145. The van der Waals surface area contributed by atoms with Crippen LogP contribution in [0.25, 0.3) is 22.8 Å². The summed E-state index contributed by atoms with van der Waals surface area (Å²) in [6.07, 6.45) is -7.75. The monoisotopic (exact) mass is 687 g/mol. The highest BCUT2D eigenvalue weighted by Gasteiger charge is 2.61. The van der Waals surface area contributed by atoms with E-state index >= 15 is 0 Å². The molecule has 0 spiro atoms. The van der Waals surface area contributed by atoms with Crippen molar-refractivity contribution in [2.45, 2.75) is 51.9 Å². The highest BCUT2D eigenvalue weighted by molar-refractivity contribution is 7.80. The number of ether oxygens (including phenoxy) is 1. The number of nitrogens with one attached hydrogen (secondary N) is 2. The van der Waals surface area contributed by atoms with E-state index in [1.807, 2.05) is 47.3 Å². The van der Waals surface area contributed by atoms with Crippen LogP contribution in [0.4, 0.5) is 22.0 Å². The van der Waals surface area contributed by atoms with Gasteiger partial charge in [0.25, 0.3) is 0 Å². The molecule has 5 aromatic rings. The maximum Gasteiger partial charge on any atom is 0.499 e. The standard InChI is InChI=1S/C32H30F5N7OS2/c1-19(2)26-14-5-20(3)17-27(26)43-15-16-47-30(43)39-29(46)41-40-21(4)22-6-8-23(9-7-22)28-38-18-44(42-28)24-10-12-25(13-11-24)45-32(36,37)31(33,34)35/h5-19,21,40H,1-4H3,(H,41,46)/b39-30-. The zero-order chi connectivity index (χ0) is 33.9. The number of hydrogen-bond acceptors (Lipinski definition) is 6. The van der Waals surface area contributed by atoms with Crippen molar-refractivity contribution in [2.24, 2.45) is 4.99 Å². The molecule has 246 valence electrons. The number of nitrogens with zero attached hydrogens (tertiary/aromatic N) is 5. The van der Waals surface area contributed by atoms with Gasteiger partial charge in [0.2, 0.25) is 5.11 Å². The Hall–Kier alpha value is -4.47. The van der Waals surface area contributed by atoms with Crippen molar-refractivity contribution in [1.29, 1.82) is 0 Å². The molecule has 8 nitrogen and oxygen atoms in total. The van der Waals surface area contributed by atoms with Gasteiger partial charge in [-0.1, -0.05) is 50.2 Å². The molecular formula is C32H30F5N7OS2. The average molecular weight is 688 g/mol. The van der Waals surface area contributed by atoms with Gasteiger partial charge in [-0.25, -0.2) is 15.1 Å². The maximum absolute atomic E-state index is 13.2. The summed E-state index contributed by atoms with van der Waals surface area (Å²) < 4.78 is 70.8. The van der Waals surface area contributed by atoms with E-state index < -0.39 is 18.0 Å². The van der Waals surface area contributed by atoms with Gasteiger partial charge in [-0.2, -0.15) is 26.9 Å². The van der Waals surface area contributed by atoms with Crippen molar-refractivity contribution in [3.63, 3.8) is 0 Å². The van der Waals surface area contributed by atoms with Gasteiger partial charge >= 0.3 is 12.3 Å². The SMILES string of the molecule is Cc1ccc(C(C)C)c(-n2ccs/c2=N\C(=S)NNC(C)c2ccc(-c3ncn(-c4ccc(OC(F)(F)C(F)(F)F)cc4)n3)cc2)c1. The Morgan fingerprint density at radius 2 is 1.68 bits per heavy atom. The zero-order valence-corrected chi connectivity index (χ0v) is 27.2. The molecule has 2 N–H and O–H groups in total. The molecule has 0 aliphatic carbocycles. The first kappa shape index (κ1) is 33.9. The number of rotatable bonds is 9. The van der Waals surface area contributed by atoms with Crippen LogP contribution in [0.5, 0.6) is 5.75 Å². The third-order valence-corrected chi connectivity index (χ3v) is 8.04. The lowest BCUT2D eigenvalue weighted by Crippen LogP contribution is -2.41. The Balaban J connectivity index is 1.21. The molecule has 0 saturated heterocycles. The van der Waals surface area contributed by atoms with Crippen LogP contribution in [0.15, 0.2) is 89.6 Å². The Morgan fingerprint density at radius 1 is 0.979 bits per heavy atom. The molecule has 15 heteroatoms. The summed E-state index contributed by atoms with van der Waals surface area (Å²) in [5.74, 6) is 0.0842. The molecule has 0 aliphatic rings. The fourth-order valence-electron chi connectivity index (χ4n) is 4.57. The number of aryl methyl sites for hydroxylation is 1. The average Bonchev–Trinajstić information content (AvgIpc) is 3.70. The van der Waals surface area contributed by atoms with Crippen molar-refractivity contribution < 1.29 is 26.7 Å². The van der Waals surface area contributed by atoms with Crippen molar-refractivity contribution in [3.8, 4) is 28.5 Å². The van der Waals surface area contributed by atoms with Crippen LogP contribution in [-0.4, -0.2) is 36.7 Å². The first-order chi connectivity index (χ1) is 22.2. The van der Waals surface area contributed by atoms with Crippen molar-refractivity contribution in [2.75, 3.05) is 0 Å². The van der Waals surface area contributed by atoms with Crippen LogP contribution in [0.3, 0.4) is 0 Å². The third-order valence-electron chi connectivity index (χ3n) is 7.09. The van der Waals surface area contributed by atoms with E-state index in [1.165, 1.54) is 40.0 Å². The molecule has 2 aromatic heterocycles. The predicted octanol–water partition coefficient (Wildman–Crippen LogP) is 7.79. The Labute approximate surface area is 276 Å². The number of aromatic nitrogens is 4. The lowest BCUT2D eigenvalue weighted by molar-refractivity contribution is -0.360. The van der Waals surface area contributed by atoms with Gasteiger partial charge in [0.15, 0.2) is 10.6 Å². The van der Waals surface area contributed by atoms with Gasteiger partial charge < -0.3 is 4.74 Å². The van der Waals surface area contributed by atoms with E-state index in [2.05, 4.69) is 69.6 Å². The molecule has 5 rings (SSSR count). The fourth-order valence-corrected chi connectivity index (χ4v) is 5.49. The maximum atomic E-state index is 13.2. The summed E-state index contributed by atoms with van der Waals surface area (Å²) in [5, 5.41) is 6.65. The quantitative estimate of drug-likeness (QED) is 0.0936. The summed E-state index contributed by atoms with van der Waals surface area (Å²) in [5.41, 5.74) is 11.7.